The van der Waals surface area contributed by atoms with Crippen LogP contribution in [0.25, 0.3) is 16.6 Å². The van der Waals surface area contributed by atoms with Crippen LogP contribution in [-0.4, -0.2) is 67.4 Å². The molecule has 4 heterocycles. The van der Waals surface area contributed by atoms with Crippen LogP contribution in [0.5, 0.6) is 0 Å². The van der Waals surface area contributed by atoms with E-state index in [9.17, 15) is 4.79 Å². The van der Waals surface area contributed by atoms with Crippen LogP contribution < -0.4 is 10.5 Å². The van der Waals surface area contributed by atoms with Crippen molar-refractivity contribution in [1.82, 2.24) is 34.7 Å². The zero-order chi connectivity index (χ0) is 21.2. The minimum absolute atomic E-state index is 0.101. The highest BCUT2D eigenvalue weighted by atomic mass is 16.1. The predicted octanol–water partition coefficient (Wildman–Crippen LogP) is 1.50. The highest BCUT2D eigenvalue weighted by molar-refractivity contribution is 5.93. The van der Waals surface area contributed by atoms with Gasteiger partial charge in [-0.3, -0.25) is 9.69 Å². The lowest BCUT2D eigenvalue weighted by atomic mass is 10.1. The van der Waals surface area contributed by atoms with Gasteiger partial charge in [0, 0.05) is 62.0 Å². The quantitative estimate of drug-likeness (QED) is 0.487. The first-order valence-electron chi connectivity index (χ1n) is 10.5. The number of hydrogen-bond acceptors (Lipinski definition) is 7. The number of aryl methyl sites for hydroxylation is 1. The normalized spacial score (nSPS) is 14.9. The summed E-state index contributed by atoms with van der Waals surface area (Å²) in [7, 11) is 0. The van der Waals surface area contributed by atoms with E-state index in [0.717, 1.165) is 55.0 Å². The fourth-order valence-electron chi connectivity index (χ4n) is 4.00. The molecule has 0 bridgehead atoms. The van der Waals surface area contributed by atoms with Crippen molar-refractivity contribution in [2.75, 3.05) is 37.6 Å². The Morgan fingerprint density at radius 3 is 2.48 bits per heavy atom. The van der Waals surface area contributed by atoms with Crippen LogP contribution in [0.4, 0.5) is 5.82 Å². The van der Waals surface area contributed by atoms with Gasteiger partial charge in [-0.15, -0.1) is 10.2 Å². The third-order valence-corrected chi connectivity index (χ3v) is 5.74. The molecule has 158 valence electrons. The maximum Gasteiger partial charge on any atom is 0.266 e. The Morgan fingerprint density at radius 2 is 1.71 bits per heavy atom. The van der Waals surface area contributed by atoms with Crippen LogP contribution in [0.1, 0.15) is 5.69 Å². The second kappa shape index (κ2) is 8.27. The van der Waals surface area contributed by atoms with E-state index < -0.39 is 0 Å². The van der Waals surface area contributed by atoms with Gasteiger partial charge in [-0.2, -0.15) is 10.2 Å². The summed E-state index contributed by atoms with van der Waals surface area (Å²) >= 11 is 0. The van der Waals surface area contributed by atoms with E-state index in [4.69, 9.17) is 0 Å². The van der Waals surface area contributed by atoms with Gasteiger partial charge in [-0.05, 0) is 19.1 Å². The van der Waals surface area contributed by atoms with Crippen LogP contribution in [0.2, 0.25) is 0 Å². The molecule has 3 aromatic heterocycles. The Labute approximate surface area is 179 Å². The van der Waals surface area contributed by atoms with Crippen molar-refractivity contribution in [3.63, 3.8) is 0 Å². The summed E-state index contributed by atoms with van der Waals surface area (Å²) in [5, 5.41) is 19.8. The molecule has 4 aromatic rings. The molecule has 5 rings (SSSR count). The molecule has 1 aliphatic rings. The summed E-state index contributed by atoms with van der Waals surface area (Å²) in [5.74, 6) is 1.59. The van der Waals surface area contributed by atoms with E-state index in [0.29, 0.717) is 12.4 Å². The Hall–Kier alpha value is -3.59. The van der Waals surface area contributed by atoms with E-state index in [-0.39, 0.29) is 5.56 Å². The summed E-state index contributed by atoms with van der Waals surface area (Å²) in [6.07, 6.45) is 3.51. The first-order chi connectivity index (χ1) is 15.2. The third-order valence-electron chi connectivity index (χ3n) is 5.74. The smallest absolute Gasteiger partial charge is 0.266 e. The Kier molecular flexibility index (Phi) is 5.17. The van der Waals surface area contributed by atoms with Crippen molar-refractivity contribution in [3.05, 3.63) is 70.9 Å². The molecule has 1 aliphatic heterocycles. The fourth-order valence-corrected chi connectivity index (χ4v) is 4.00. The van der Waals surface area contributed by atoms with Gasteiger partial charge in [0.25, 0.3) is 5.56 Å². The van der Waals surface area contributed by atoms with Crippen molar-refractivity contribution in [1.29, 1.82) is 0 Å². The van der Waals surface area contributed by atoms with Gasteiger partial charge in [-0.25, -0.2) is 9.36 Å². The zero-order valence-corrected chi connectivity index (χ0v) is 17.4. The number of anilines is 1. The van der Waals surface area contributed by atoms with Gasteiger partial charge in [-0.1, -0.05) is 24.3 Å². The van der Waals surface area contributed by atoms with Gasteiger partial charge >= 0.3 is 0 Å². The molecule has 9 heteroatoms. The average molecular weight is 416 g/mol. The van der Waals surface area contributed by atoms with Gasteiger partial charge in [0.15, 0.2) is 11.6 Å². The summed E-state index contributed by atoms with van der Waals surface area (Å²) in [6.45, 7) is 6.85. The molecule has 0 aliphatic carbocycles. The largest absolute Gasteiger partial charge is 0.352 e. The Bertz CT molecular complexity index is 1240. The number of fused-ring (bicyclic) bond motifs is 1. The third kappa shape index (κ3) is 3.91. The molecule has 0 amide bonds. The zero-order valence-electron chi connectivity index (χ0n) is 17.4. The molecular formula is C22H24N8O. The molecule has 0 radical (unpaired) electrons. The van der Waals surface area contributed by atoms with Crippen LogP contribution in [-0.2, 0) is 6.54 Å². The lowest BCUT2D eigenvalue weighted by molar-refractivity contribution is 0.242. The topological polar surface area (TPSA) is 85.0 Å². The molecule has 1 saturated heterocycles. The average Bonchev–Trinajstić information content (AvgIpc) is 3.35. The molecule has 1 aromatic carbocycles. The van der Waals surface area contributed by atoms with Gasteiger partial charge in [0.05, 0.1) is 12.2 Å². The highest BCUT2D eigenvalue weighted by Gasteiger charge is 2.20. The van der Waals surface area contributed by atoms with Gasteiger partial charge in [0.1, 0.15) is 0 Å². The van der Waals surface area contributed by atoms with E-state index in [1.165, 1.54) is 4.68 Å². The molecule has 1 fully saturated rings. The van der Waals surface area contributed by atoms with Crippen molar-refractivity contribution in [2.45, 2.75) is 13.5 Å². The minimum Gasteiger partial charge on any atom is -0.352 e. The SMILES string of the molecule is Cc1nnc(N2CCN(CCn3nc(-n4cccn4)ccc3=O)CC2)c2ccccc12. The molecule has 0 unspecified atom stereocenters. The highest BCUT2D eigenvalue weighted by Crippen LogP contribution is 2.26. The summed E-state index contributed by atoms with van der Waals surface area (Å²) < 4.78 is 3.17. The molecule has 0 spiro atoms. The van der Waals surface area contributed by atoms with E-state index in [1.807, 2.05) is 31.3 Å². The van der Waals surface area contributed by atoms with Crippen LogP contribution >= 0.6 is 0 Å². The Morgan fingerprint density at radius 1 is 0.903 bits per heavy atom. The van der Waals surface area contributed by atoms with Crippen molar-refractivity contribution >= 4 is 16.6 Å². The standard InChI is InChI=1S/C22H24N8O/c1-17-18-5-2-3-6-19(18)22(25-24-17)28-14-11-27(12-15-28)13-16-30-21(31)8-7-20(26-30)29-10-4-9-23-29/h2-10H,11-16H2,1H3. The maximum atomic E-state index is 12.2. The van der Waals surface area contributed by atoms with Crippen molar-refractivity contribution in [3.8, 4) is 5.82 Å². The second-order valence-corrected chi connectivity index (χ2v) is 7.69. The molecule has 0 saturated carbocycles. The number of rotatable bonds is 5. The fraction of sp³-hybridized carbons (Fsp3) is 0.318. The molecule has 9 nitrogen and oxygen atoms in total. The van der Waals surface area contributed by atoms with Gasteiger partial charge in [0.2, 0.25) is 0 Å². The summed E-state index contributed by atoms with van der Waals surface area (Å²) in [6, 6.07) is 13.4. The summed E-state index contributed by atoms with van der Waals surface area (Å²) in [4.78, 5) is 16.9. The summed E-state index contributed by atoms with van der Waals surface area (Å²) in [5.41, 5.74) is 0.851. The second-order valence-electron chi connectivity index (χ2n) is 7.69. The molecule has 31 heavy (non-hydrogen) atoms. The van der Waals surface area contributed by atoms with Crippen LogP contribution in [0.15, 0.2) is 59.7 Å². The molecule has 0 N–H and O–H groups in total. The monoisotopic (exact) mass is 416 g/mol. The van der Waals surface area contributed by atoms with Gasteiger partial charge < -0.3 is 4.90 Å². The number of aromatic nitrogens is 6. The number of hydrogen-bond donors (Lipinski definition) is 0. The van der Waals surface area contributed by atoms with E-state index in [2.05, 4.69) is 42.3 Å². The predicted molar refractivity (Wildman–Crippen MR) is 119 cm³/mol. The van der Waals surface area contributed by atoms with E-state index in [1.54, 1.807) is 23.0 Å². The van der Waals surface area contributed by atoms with Crippen LogP contribution in [0, 0.1) is 6.92 Å². The Balaban J connectivity index is 1.24. The first kappa shape index (κ1) is 19.4. The lowest BCUT2D eigenvalue weighted by Gasteiger charge is -2.35. The van der Waals surface area contributed by atoms with Crippen molar-refractivity contribution in [2.24, 2.45) is 0 Å². The number of benzene rings is 1. The minimum atomic E-state index is -0.101. The first-order valence-corrected chi connectivity index (χ1v) is 10.5. The van der Waals surface area contributed by atoms with Crippen molar-refractivity contribution < 1.29 is 0 Å². The number of nitrogens with zero attached hydrogens (tertiary/aromatic N) is 8. The molecular weight excluding hydrogens is 392 g/mol. The van der Waals surface area contributed by atoms with Crippen LogP contribution in [0.3, 0.4) is 0 Å². The number of piperazine rings is 1. The lowest BCUT2D eigenvalue weighted by Crippen LogP contribution is -2.48. The van der Waals surface area contributed by atoms with E-state index >= 15 is 0 Å². The molecule has 0 atom stereocenters. The maximum absolute atomic E-state index is 12.2.